The SMILES string of the molecule is C[C@H](OCc1ccccc1)[C@@H](CCP(=O)(OCc1ccccc1)OCc1ccccc1)OCn1cnc2c(OCc3ccccc3)nc(N)nc21. The van der Waals surface area contributed by atoms with Crippen LogP contribution in [0.15, 0.2) is 128 Å². The van der Waals surface area contributed by atoms with Crippen LogP contribution in [0.2, 0.25) is 0 Å². The van der Waals surface area contributed by atoms with Gasteiger partial charge in [-0.05, 0) is 35.6 Å². The molecule has 6 aromatic rings. The van der Waals surface area contributed by atoms with E-state index in [1.807, 2.05) is 128 Å². The van der Waals surface area contributed by atoms with Crippen LogP contribution in [0.3, 0.4) is 0 Å². The zero-order valence-electron chi connectivity index (χ0n) is 28.5. The Balaban J connectivity index is 1.18. The lowest BCUT2D eigenvalue weighted by Crippen LogP contribution is -2.31. The van der Waals surface area contributed by atoms with Gasteiger partial charge in [0.25, 0.3) is 0 Å². The molecule has 0 saturated heterocycles. The maximum atomic E-state index is 14.3. The highest BCUT2D eigenvalue weighted by Gasteiger charge is 2.30. The number of nitrogens with two attached hydrogens (primary N) is 1. The van der Waals surface area contributed by atoms with Crippen LogP contribution >= 0.6 is 7.60 Å². The van der Waals surface area contributed by atoms with Gasteiger partial charge in [0.15, 0.2) is 11.2 Å². The first-order valence-electron chi connectivity index (χ1n) is 16.8. The van der Waals surface area contributed by atoms with E-state index in [1.54, 1.807) is 10.9 Å². The second-order valence-corrected chi connectivity index (χ2v) is 14.2. The van der Waals surface area contributed by atoms with E-state index in [9.17, 15) is 4.57 Å². The first kappa shape index (κ1) is 35.9. The number of imidazole rings is 1. The summed E-state index contributed by atoms with van der Waals surface area (Å²) in [6.45, 7) is 2.98. The molecule has 0 fully saturated rings. The van der Waals surface area contributed by atoms with E-state index in [2.05, 4.69) is 15.0 Å². The van der Waals surface area contributed by atoms with Gasteiger partial charge in [-0.2, -0.15) is 9.97 Å². The topological polar surface area (TPSA) is 133 Å². The van der Waals surface area contributed by atoms with Crippen molar-refractivity contribution >= 4 is 24.7 Å². The second-order valence-electron chi connectivity index (χ2n) is 12.0. The molecule has 2 heterocycles. The van der Waals surface area contributed by atoms with Crippen LogP contribution in [0.25, 0.3) is 11.2 Å². The molecule has 0 amide bonds. The van der Waals surface area contributed by atoms with E-state index >= 15 is 0 Å². The van der Waals surface area contributed by atoms with Crippen molar-refractivity contribution in [2.45, 2.75) is 58.7 Å². The average molecular weight is 708 g/mol. The van der Waals surface area contributed by atoms with Crippen LogP contribution in [-0.2, 0) is 56.2 Å². The van der Waals surface area contributed by atoms with Crippen LogP contribution in [0, 0.1) is 0 Å². The van der Waals surface area contributed by atoms with E-state index in [0.29, 0.717) is 30.8 Å². The van der Waals surface area contributed by atoms with Crippen molar-refractivity contribution in [2.75, 3.05) is 11.9 Å². The number of rotatable bonds is 19. The van der Waals surface area contributed by atoms with Crippen LogP contribution in [0.5, 0.6) is 5.88 Å². The molecule has 2 aromatic heterocycles. The minimum Gasteiger partial charge on any atom is -0.471 e. The maximum absolute atomic E-state index is 14.3. The van der Waals surface area contributed by atoms with Gasteiger partial charge in [-0.3, -0.25) is 9.13 Å². The zero-order valence-corrected chi connectivity index (χ0v) is 29.4. The Labute approximate surface area is 297 Å². The fourth-order valence-corrected chi connectivity index (χ4v) is 6.94. The molecule has 0 bridgehead atoms. The summed E-state index contributed by atoms with van der Waals surface area (Å²) in [7, 11) is -3.60. The predicted octanol–water partition coefficient (Wildman–Crippen LogP) is 7.95. The minimum absolute atomic E-state index is 0.0514. The fraction of sp³-hybridized carbons (Fsp3) is 0.256. The van der Waals surface area contributed by atoms with Gasteiger partial charge in [0.2, 0.25) is 11.8 Å². The number of nitrogen functional groups attached to an aromatic ring is 1. The van der Waals surface area contributed by atoms with E-state index in [4.69, 9.17) is 29.0 Å². The Morgan fingerprint density at radius 2 is 1.20 bits per heavy atom. The number of nitrogens with zero attached hydrogens (tertiary/aromatic N) is 4. The molecule has 0 saturated carbocycles. The highest BCUT2D eigenvalue weighted by Crippen LogP contribution is 2.51. The van der Waals surface area contributed by atoms with Gasteiger partial charge >= 0.3 is 7.60 Å². The molecule has 6 rings (SSSR count). The quantitative estimate of drug-likeness (QED) is 0.0827. The first-order chi connectivity index (χ1) is 24.9. The summed E-state index contributed by atoms with van der Waals surface area (Å²) in [6.07, 6.45) is 1.14. The van der Waals surface area contributed by atoms with Crippen molar-refractivity contribution in [1.29, 1.82) is 0 Å². The summed E-state index contributed by atoms with van der Waals surface area (Å²) >= 11 is 0. The van der Waals surface area contributed by atoms with Crippen molar-refractivity contribution in [3.63, 3.8) is 0 Å². The van der Waals surface area contributed by atoms with Crippen molar-refractivity contribution < 1.29 is 27.8 Å². The third kappa shape index (κ3) is 10.6. The third-order valence-electron chi connectivity index (χ3n) is 8.20. The van der Waals surface area contributed by atoms with Crippen LogP contribution < -0.4 is 10.5 Å². The molecule has 0 aliphatic heterocycles. The molecular weight excluding hydrogens is 665 g/mol. The van der Waals surface area contributed by atoms with Gasteiger partial charge < -0.3 is 29.0 Å². The number of fused-ring (bicyclic) bond motifs is 1. The average Bonchev–Trinajstić information content (AvgIpc) is 3.58. The summed E-state index contributed by atoms with van der Waals surface area (Å²) in [5, 5.41) is 0. The molecule has 12 heteroatoms. The minimum atomic E-state index is -3.60. The molecule has 0 aliphatic carbocycles. The molecule has 2 N–H and O–H groups in total. The van der Waals surface area contributed by atoms with Crippen LogP contribution in [0.4, 0.5) is 5.95 Å². The molecule has 2 atom stereocenters. The first-order valence-corrected chi connectivity index (χ1v) is 18.5. The van der Waals surface area contributed by atoms with Crippen molar-refractivity contribution in [3.8, 4) is 5.88 Å². The molecule has 4 aromatic carbocycles. The highest BCUT2D eigenvalue weighted by atomic mass is 31.2. The molecule has 0 unspecified atom stereocenters. The lowest BCUT2D eigenvalue weighted by atomic mass is 10.1. The van der Waals surface area contributed by atoms with Gasteiger partial charge in [0.05, 0.1) is 44.5 Å². The van der Waals surface area contributed by atoms with Crippen LogP contribution in [0.1, 0.15) is 35.6 Å². The van der Waals surface area contributed by atoms with Crippen LogP contribution in [-0.4, -0.2) is 37.9 Å². The smallest absolute Gasteiger partial charge is 0.331 e. The largest absolute Gasteiger partial charge is 0.471 e. The Bertz CT molecular complexity index is 1940. The number of anilines is 1. The molecule has 264 valence electrons. The van der Waals surface area contributed by atoms with E-state index < -0.39 is 13.7 Å². The van der Waals surface area contributed by atoms with E-state index in [0.717, 1.165) is 22.3 Å². The summed E-state index contributed by atoms with van der Waals surface area (Å²) in [5.74, 6) is 0.332. The number of ether oxygens (including phenoxy) is 3. The second kappa shape index (κ2) is 17.8. The standard InChI is InChI=1S/C39H42N5O6P/c1-30(46-24-31-14-6-2-7-15-31)35(22-23-51(45,49-26-33-18-10-4-11-19-33)50-27-34-20-12-5-13-21-34)48-29-44-28-41-36-37(44)42-39(40)43-38(36)47-25-32-16-8-3-9-17-32/h2-21,28,30,35H,22-27,29H2,1H3,(H2,40,42,43)/t30-,35+/m0/s1. The molecule has 11 nitrogen and oxygen atoms in total. The van der Waals surface area contributed by atoms with Gasteiger partial charge in [0.1, 0.15) is 13.3 Å². The number of benzene rings is 4. The van der Waals surface area contributed by atoms with Crippen molar-refractivity contribution in [3.05, 3.63) is 150 Å². The number of hydrogen-bond donors (Lipinski definition) is 1. The van der Waals surface area contributed by atoms with Crippen molar-refractivity contribution in [1.82, 2.24) is 19.5 Å². The Hall–Kier alpha value is -4.90. The van der Waals surface area contributed by atoms with Crippen molar-refractivity contribution in [2.24, 2.45) is 0 Å². The van der Waals surface area contributed by atoms with E-state index in [1.165, 1.54) is 0 Å². The Morgan fingerprint density at radius 3 is 1.75 bits per heavy atom. The summed E-state index contributed by atoms with van der Waals surface area (Å²) in [5.41, 5.74) is 10.8. The van der Waals surface area contributed by atoms with Gasteiger partial charge in [-0.15, -0.1) is 0 Å². The Morgan fingerprint density at radius 1 is 0.686 bits per heavy atom. The zero-order chi connectivity index (χ0) is 35.3. The predicted molar refractivity (Wildman–Crippen MR) is 196 cm³/mol. The summed E-state index contributed by atoms with van der Waals surface area (Å²) in [6, 6.07) is 38.9. The normalized spacial score (nSPS) is 12.9. The maximum Gasteiger partial charge on any atom is 0.331 e. The molecule has 0 spiro atoms. The third-order valence-corrected chi connectivity index (χ3v) is 10.1. The Kier molecular flexibility index (Phi) is 12.6. The highest BCUT2D eigenvalue weighted by molar-refractivity contribution is 7.53. The lowest BCUT2D eigenvalue weighted by molar-refractivity contribution is -0.0917. The molecule has 0 radical (unpaired) electrons. The van der Waals surface area contributed by atoms with Gasteiger partial charge in [-0.1, -0.05) is 121 Å². The molecule has 0 aliphatic rings. The monoisotopic (exact) mass is 707 g/mol. The van der Waals surface area contributed by atoms with E-state index in [-0.39, 0.29) is 44.0 Å². The number of hydrogen-bond acceptors (Lipinski definition) is 10. The summed E-state index contributed by atoms with van der Waals surface area (Å²) in [4.78, 5) is 13.2. The van der Waals surface area contributed by atoms with Gasteiger partial charge in [-0.25, -0.2) is 4.98 Å². The molecule has 51 heavy (non-hydrogen) atoms. The summed E-state index contributed by atoms with van der Waals surface area (Å²) < 4.78 is 47.0. The molecular formula is C39H42N5O6P. The lowest BCUT2D eigenvalue weighted by Gasteiger charge is -2.27. The fourth-order valence-electron chi connectivity index (χ4n) is 5.34. The van der Waals surface area contributed by atoms with Gasteiger partial charge in [0, 0.05) is 0 Å². The number of aromatic nitrogens is 4.